The van der Waals surface area contributed by atoms with Crippen molar-refractivity contribution < 1.29 is 95.5 Å². The topological polar surface area (TPSA) is 349 Å². The number of anilines is 1. The molecule has 3 N–H and O–H groups in total. The molecule has 31 nitrogen and oxygen atoms in total. The number of likely N-dealkylation sites (tertiary alicyclic amines) is 1. The highest BCUT2D eigenvalue weighted by Gasteiger charge is 2.35. The van der Waals surface area contributed by atoms with Crippen LogP contribution < -0.4 is 16.0 Å². The Morgan fingerprint density at radius 1 is 0.505 bits per heavy atom. The molecule has 1 aliphatic rings. The van der Waals surface area contributed by atoms with E-state index in [0.717, 1.165) is 14.7 Å². The monoisotopic (exact) mass is 1320 g/mol. The van der Waals surface area contributed by atoms with E-state index < -0.39 is 59.4 Å². The number of benzene rings is 1. The molecule has 1 fully saturated rings. The highest BCUT2D eigenvalue weighted by Crippen LogP contribution is 2.21. The predicted molar refractivity (Wildman–Crippen MR) is 337 cm³/mol. The number of nitrogens with one attached hydrogen (secondary N) is 3. The molecule has 12 amide bonds. The molecular weight excluding hydrogens is 1220 g/mol. The fourth-order valence-electron chi connectivity index (χ4n) is 8.32. The number of likely N-dealkylation sites (N-methyl/N-ethyl adjacent to an activating group) is 6. The highest BCUT2D eigenvalue weighted by atomic mass is 16.6. The second-order valence-electron chi connectivity index (χ2n) is 23.5. The molecule has 1 saturated heterocycles. The van der Waals surface area contributed by atoms with Gasteiger partial charge in [-0.3, -0.25) is 67.2 Å². The Morgan fingerprint density at radius 2 is 0.925 bits per heavy atom. The van der Waals surface area contributed by atoms with Gasteiger partial charge in [-0.2, -0.15) is 0 Å². The van der Waals surface area contributed by atoms with Crippen molar-refractivity contribution in [2.45, 2.75) is 92.5 Å². The van der Waals surface area contributed by atoms with Crippen LogP contribution in [0.2, 0.25) is 0 Å². The normalized spacial score (nSPS) is 13.5. The van der Waals surface area contributed by atoms with Gasteiger partial charge >= 0.3 is 5.97 Å². The number of imide groups is 1. The van der Waals surface area contributed by atoms with E-state index >= 15 is 0 Å². The van der Waals surface area contributed by atoms with Crippen molar-refractivity contribution in [3.05, 3.63) is 29.3 Å². The molecule has 3 atom stereocenters. The predicted octanol–water partition coefficient (Wildman–Crippen LogP) is -1.03. The van der Waals surface area contributed by atoms with Crippen LogP contribution >= 0.6 is 0 Å². The Morgan fingerprint density at radius 3 is 1.35 bits per heavy atom. The van der Waals surface area contributed by atoms with Gasteiger partial charge in [0.2, 0.25) is 70.9 Å². The molecule has 1 aliphatic heterocycles. The molecule has 1 heterocycles. The maximum atomic E-state index is 13.4. The Labute approximate surface area is 545 Å². The summed E-state index contributed by atoms with van der Waals surface area (Å²) in [7, 11) is 11.8. The highest BCUT2D eigenvalue weighted by molar-refractivity contribution is 6.03. The number of carbonyl (C=O) groups is 13. The van der Waals surface area contributed by atoms with Crippen LogP contribution in [0.1, 0.15) is 78.4 Å². The molecule has 0 spiro atoms. The van der Waals surface area contributed by atoms with Crippen molar-refractivity contribution in [1.82, 2.24) is 49.8 Å². The van der Waals surface area contributed by atoms with E-state index in [1.54, 1.807) is 74.0 Å². The minimum absolute atomic E-state index is 0.0107. The molecule has 93 heavy (non-hydrogen) atoms. The van der Waals surface area contributed by atoms with Crippen LogP contribution in [0.3, 0.4) is 0 Å². The zero-order valence-corrected chi connectivity index (χ0v) is 56.8. The molecule has 524 valence electrons. The molecule has 0 saturated carbocycles. The number of rotatable bonds is 45. The number of esters is 1. The minimum atomic E-state index is -1.04. The maximum absolute atomic E-state index is 13.4. The minimum Gasteiger partial charge on any atom is -0.461 e. The van der Waals surface area contributed by atoms with Gasteiger partial charge in [0.25, 0.3) is 0 Å². The standard InChI is InChI=1S/C62H101N11O20/c1-42(2)58(65-49(74)17-21-87-25-28-90-24-20-73-52(77)33-44(5)61(73)85)60(84)63-45(6)59(83)64-48-16-15-46(41-93-62(86)43(3)4)47(34-48)35-67(9)50(75)18-22-88-26-29-91-31-32-92-30-27-89-23-19-51(76)68(10)37-54(79)70(12)39-56(81)72(14)40-57(82)71(13)38-55(80)69(11)36-53(78)66(7)8/h15-16,34,42-45,58H,17-33,35-41H2,1-14H3,(H,63,84)(H,64,83)(H,65,74)/t44?,45-,58?/m0/s1. The lowest BCUT2D eigenvalue weighted by atomic mass is 10.0. The second-order valence-corrected chi connectivity index (χ2v) is 23.5. The van der Waals surface area contributed by atoms with Gasteiger partial charge in [-0.05, 0) is 36.1 Å². The quantitative estimate of drug-likeness (QED) is 0.0399. The lowest BCUT2D eigenvalue weighted by Crippen LogP contribution is -2.53. The third-order valence-electron chi connectivity index (χ3n) is 14.5. The van der Waals surface area contributed by atoms with Gasteiger partial charge < -0.3 is 83.4 Å². The van der Waals surface area contributed by atoms with Crippen LogP contribution in [0.5, 0.6) is 0 Å². The van der Waals surface area contributed by atoms with Crippen molar-refractivity contribution in [2.75, 3.05) is 180 Å². The van der Waals surface area contributed by atoms with Crippen molar-refractivity contribution in [2.24, 2.45) is 17.8 Å². The molecule has 0 aromatic heterocycles. The number of hydrogen-bond donors (Lipinski definition) is 3. The molecule has 2 unspecified atom stereocenters. The first-order chi connectivity index (χ1) is 43.8. The van der Waals surface area contributed by atoms with E-state index in [1.807, 2.05) is 0 Å². The summed E-state index contributed by atoms with van der Waals surface area (Å²) in [6, 6.07) is 2.94. The van der Waals surface area contributed by atoms with E-state index in [0.29, 0.717) is 16.8 Å². The SMILES string of the molecule is CC(C)C(=O)OCc1ccc(NC(=O)[C@H](C)NC(=O)C(NC(=O)CCOCCOCCN2C(=O)CC(C)C2=O)C(C)C)cc1CN(C)C(=O)CCOCCOCCOCCOCCC(=O)N(C)CC(=O)N(C)CC(=O)N(C)CC(=O)N(C)CC(=O)N(C)CC(=O)N(C)C. The van der Waals surface area contributed by atoms with Gasteiger partial charge in [-0.15, -0.1) is 0 Å². The number of hydrogen-bond acceptors (Lipinski definition) is 20. The second kappa shape index (κ2) is 43.2. The average molecular weight is 1320 g/mol. The summed E-state index contributed by atoms with van der Waals surface area (Å²) in [5.41, 5.74) is 1.53. The Balaban J connectivity index is 1.69. The maximum Gasteiger partial charge on any atom is 0.308 e. The third kappa shape index (κ3) is 31.7. The van der Waals surface area contributed by atoms with E-state index in [1.165, 1.54) is 66.7 Å². The van der Waals surface area contributed by atoms with Gasteiger partial charge in [-0.25, -0.2) is 0 Å². The van der Waals surface area contributed by atoms with Crippen LogP contribution in [-0.4, -0.2) is 303 Å². The van der Waals surface area contributed by atoms with E-state index in [9.17, 15) is 62.3 Å². The van der Waals surface area contributed by atoms with Crippen LogP contribution in [0.15, 0.2) is 18.2 Å². The molecule has 1 aromatic rings. The van der Waals surface area contributed by atoms with Gasteiger partial charge in [0, 0.05) is 87.4 Å². The van der Waals surface area contributed by atoms with E-state index in [4.69, 9.17) is 33.2 Å². The van der Waals surface area contributed by atoms with Crippen molar-refractivity contribution in [3.63, 3.8) is 0 Å². The summed E-state index contributed by atoms with van der Waals surface area (Å²) >= 11 is 0. The molecule has 0 radical (unpaired) electrons. The molecule has 2 rings (SSSR count). The van der Waals surface area contributed by atoms with E-state index in [2.05, 4.69) is 16.0 Å². The third-order valence-corrected chi connectivity index (χ3v) is 14.5. The Kier molecular flexibility index (Phi) is 37.8. The van der Waals surface area contributed by atoms with Gasteiger partial charge in [0.1, 0.15) is 18.7 Å². The van der Waals surface area contributed by atoms with Crippen LogP contribution in [0.25, 0.3) is 0 Å². The van der Waals surface area contributed by atoms with Crippen molar-refractivity contribution >= 4 is 82.5 Å². The van der Waals surface area contributed by atoms with Gasteiger partial charge in [0.05, 0.1) is 137 Å². The lowest BCUT2D eigenvalue weighted by molar-refractivity contribution is -0.149. The number of amides is 12. The largest absolute Gasteiger partial charge is 0.461 e. The lowest BCUT2D eigenvalue weighted by Gasteiger charge is -2.26. The van der Waals surface area contributed by atoms with Crippen LogP contribution in [0, 0.1) is 17.8 Å². The first-order valence-corrected chi connectivity index (χ1v) is 31.0. The molecule has 0 bridgehead atoms. The molecule has 31 heteroatoms. The fraction of sp³-hybridized carbons (Fsp3) is 0.694. The molecule has 1 aromatic carbocycles. The average Bonchev–Trinajstić information content (AvgIpc) is 1.91. The summed E-state index contributed by atoms with van der Waals surface area (Å²) in [5.74, 6) is -6.40. The first-order valence-electron chi connectivity index (χ1n) is 31.0. The van der Waals surface area contributed by atoms with E-state index in [-0.39, 0.29) is 205 Å². The Hall–Kier alpha value is -7.71. The Bertz CT molecular complexity index is 2660. The van der Waals surface area contributed by atoms with Crippen molar-refractivity contribution in [3.8, 4) is 0 Å². The van der Waals surface area contributed by atoms with Crippen LogP contribution in [0.4, 0.5) is 5.69 Å². The summed E-state index contributed by atoms with van der Waals surface area (Å²) in [6.07, 6.45) is 0.179. The summed E-state index contributed by atoms with van der Waals surface area (Å²) < 4.78 is 38.7. The van der Waals surface area contributed by atoms with Crippen LogP contribution in [-0.2, 0) is 109 Å². The zero-order chi connectivity index (χ0) is 69.9. The van der Waals surface area contributed by atoms with Crippen molar-refractivity contribution in [1.29, 1.82) is 0 Å². The summed E-state index contributed by atoms with van der Waals surface area (Å²) in [4.78, 5) is 175. The smallest absolute Gasteiger partial charge is 0.308 e. The number of carbonyl (C=O) groups excluding carboxylic acids is 13. The molecule has 0 aliphatic carbocycles. The first kappa shape index (κ1) is 81.4. The summed E-state index contributed by atoms with van der Waals surface area (Å²) in [5, 5.41) is 8.17. The number of nitrogens with zero attached hydrogens (tertiary/aromatic N) is 8. The fourth-order valence-corrected chi connectivity index (χ4v) is 8.32. The number of ether oxygens (including phenoxy) is 7. The summed E-state index contributed by atoms with van der Waals surface area (Å²) in [6.45, 7) is 10.9. The van der Waals surface area contributed by atoms with Gasteiger partial charge in [0.15, 0.2) is 0 Å². The van der Waals surface area contributed by atoms with Gasteiger partial charge in [-0.1, -0.05) is 40.7 Å². The molecular formula is C62H101N11O20. The zero-order valence-electron chi connectivity index (χ0n) is 56.8.